The van der Waals surface area contributed by atoms with Gasteiger partial charge in [0.15, 0.2) is 11.7 Å². The van der Waals surface area contributed by atoms with E-state index in [2.05, 4.69) is 17.2 Å². The third-order valence-electron chi connectivity index (χ3n) is 4.78. The van der Waals surface area contributed by atoms with Gasteiger partial charge in [0.1, 0.15) is 11.9 Å². The second-order valence-electron chi connectivity index (χ2n) is 6.72. The highest BCUT2D eigenvalue weighted by Crippen LogP contribution is 2.39. The van der Waals surface area contributed by atoms with Gasteiger partial charge in [0, 0.05) is 18.5 Å². The Bertz CT molecular complexity index is 571. The van der Waals surface area contributed by atoms with E-state index in [1.165, 1.54) is 0 Å². The second kappa shape index (κ2) is 9.05. The van der Waals surface area contributed by atoms with Crippen molar-refractivity contribution in [3.63, 3.8) is 0 Å². The largest absolute Gasteiger partial charge is 0.497 e. The number of halogens is 1. The van der Waals surface area contributed by atoms with Gasteiger partial charge in [-0.25, -0.2) is 0 Å². The van der Waals surface area contributed by atoms with Gasteiger partial charge in [-0.05, 0) is 43.0 Å². The number of hydrogen-bond acceptors (Lipinski definition) is 4. The smallest absolute Gasteiger partial charge is 0.193 e. The van der Waals surface area contributed by atoms with E-state index in [0.717, 1.165) is 43.0 Å². The first-order valence-corrected chi connectivity index (χ1v) is 8.61. The summed E-state index contributed by atoms with van der Waals surface area (Å²) in [5.41, 5.74) is 6.83. The van der Waals surface area contributed by atoms with Crippen LogP contribution in [0.15, 0.2) is 29.3 Å². The average molecular weight is 461 g/mol. The van der Waals surface area contributed by atoms with Crippen LogP contribution >= 0.6 is 24.0 Å². The third kappa shape index (κ3) is 5.46. The molecule has 1 saturated heterocycles. The number of hydrogen-bond donors (Lipinski definition) is 2. The molecule has 0 amide bonds. The zero-order chi connectivity index (χ0) is 17.0. The first-order chi connectivity index (χ1) is 11.6. The van der Waals surface area contributed by atoms with E-state index in [9.17, 15) is 0 Å². The maximum atomic E-state index is 6.14. The van der Waals surface area contributed by atoms with Gasteiger partial charge in [0.2, 0.25) is 0 Å². The first kappa shape index (κ1) is 20.3. The molecule has 0 bridgehead atoms. The lowest BCUT2D eigenvalue weighted by atomic mass is 9.86. The number of anilines is 1. The van der Waals surface area contributed by atoms with Crippen molar-refractivity contribution in [2.45, 2.75) is 44.5 Å². The standard InChI is InChI=1S/C18H27N3O3.HI/c1-13-7-9-18(10-8-13)23-12-16(24-18)11-20-17(19)21-14-3-5-15(22-2)6-4-14;/h3-6,13,16H,7-12H2,1-2H3,(H3,19,20,21);1H. The number of nitrogens with two attached hydrogens (primary N) is 1. The van der Waals surface area contributed by atoms with Crippen molar-refractivity contribution in [3.05, 3.63) is 24.3 Å². The van der Waals surface area contributed by atoms with Crippen LogP contribution in [0, 0.1) is 5.92 Å². The zero-order valence-electron chi connectivity index (χ0n) is 14.9. The monoisotopic (exact) mass is 461 g/mol. The molecule has 1 atom stereocenters. The van der Waals surface area contributed by atoms with Crippen molar-refractivity contribution >= 4 is 35.6 Å². The van der Waals surface area contributed by atoms with Gasteiger partial charge in [-0.15, -0.1) is 24.0 Å². The molecular weight excluding hydrogens is 433 g/mol. The second-order valence-corrected chi connectivity index (χ2v) is 6.72. The summed E-state index contributed by atoms with van der Waals surface area (Å²) in [6.45, 7) is 3.38. The van der Waals surface area contributed by atoms with Gasteiger partial charge < -0.3 is 25.3 Å². The molecule has 2 aliphatic rings. The molecule has 1 spiro atoms. The van der Waals surface area contributed by atoms with Crippen LogP contribution in [0.3, 0.4) is 0 Å². The molecule has 1 aromatic carbocycles. The SMILES string of the molecule is COc1ccc(NC(N)=NCC2COC3(CCC(C)CC3)O2)cc1.I. The Morgan fingerprint density at radius 2 is 2.00 bits per heavy atom. The summed E-state index contributed by atoms with van der Waals surface area (Å²) in [4.78, 5) is 4.38. The van der Waals surface area contributed by atoms with E-state index in [1.54, 1.807) is 7.11 Å². The molecule has 1 saturated carbocycles. The topological polar surface area (TPSA) is 78.1 Å². The molecular formula is C18H28IN3O3. The molecule has 2 fully saturated rings. The molecule has 3 N–H and O–H groups in total. The number of benzene rings is 1. The van der Waals surface area contributed by atoms with Crippen LogP contribution < -0.4 is 15.8 Å². The minimum atomic E-state index is -0.370. The fourth-order valence-electron chi connectivity index (χ4n) is 3.23. The number of nitrogens with one attached hydrogen (secondary N) is 1. The number of nitrogens with zero attached hydrogens (tertiary/aromatic N) is 1. The molecule has 7 heteroatoms. The molecule has 1 aliphatic carbocycles. The Kier molecular flexibility index (Phi) is 7.33. The molecule has 1 unspecified atom stereocenters. The fourth-order valence-corrected chi connectivity index (χ4v) is 3.23. The lowest BCUT2D eigenvalue weighted by Crippen LogP contribution is -2.35. The number of ether oxygens (including phenoxy) is 3. The Morgan fingerprint density at radius 3 is 2.64 bits per heavy atom. The van der Waals surface area contributed by atoms with Gasteiger partial charge in [0.25, 0.3) is 0 Å². The van der Waals surface area contributed by atoms with Gasteiger partial charge in [-0.1, -0.05) is 6.92 Å². The minimum Gasteiger partial charge on any atom is -0.497 e. The first-order valence-electron chi connectivity index (χ1n) is 8.61. The predicted molar refractivity (Wildman–Crippen MR) is 110 cm³/mol. The van der Waals surface area contributed by atoms with E-state index in [0.29, 0.717) is 19.1 Å². The molecule has 1 aliphatic heterocycles. The maximum Gasteiger partial charge on any atom is 0.193 e. The molecule has 140 valence electrons. The summed E-state index contributed by atoms with van der Waals surface area (Å²) < 4.78 is 17.2. The van der Waals surface area contributed by atoms with Crippen molar-refractivity contribution in [1.82, 2.24) is 0 Å². The summed E-state index contributed by atoms with van der Waals surface area (Å²) in [5, 5.41) is 3.07. The van der Waals surface area contributed by atoms with Crippen molar-refractivity contribution in [1.29, 1.82) is 0 Å². The average Bonchev–Trinajstić information content (AvgIpc) is 3.00. The van der Waals surface area contributed by atoms with Crippen molar-refractivity contribution in [2.24, 2.45) is 16.6 Å². The van der Waals surface area contributed by atoms with Crippen LogP contribution in [0.1, 0.15) is 32.6 Å². The summed E-state index contributed by atoms with van der Waals surface area (Å²) >= 11 is 0. The molecule has 1 heterocycles. The van der Waals surface area contributed by atoms with E-state index in [-0.39, 0.29) is 35.9 Å². The summed E-state index contributed by atoms with van der Waals surface area (Å²) in [7, 11) is 1.64. The molecule has 0 aromatic heterocycles. The van der Waals surface area contributed by atoms with Gasteiger partial charge in [-0.3, -0.25) is 4.99 Å². The number of aliphatic imine (C=N–C) groups is 1. The molecule has 3 rings (SSSR count). The van der Waals surface area contributed by atoms with Crippen molar-refractivity contribution < 1.29 is 14.2 Å². The number of guanidine groups is 1. The normalized spacial score (nSPS) is 29.3. The highest BCUT2D eigenvalue weighted by atomic mass is 127. The fraction of sp³-hybridized carbons (Fsp3) is 0.611. The Balaban J connectivity index is 0.00000225. The lowest BCUT2D eigenvalue weighted by Gasteiger charge is -2.34. The van der Waals surface area contributed by atoms with Gasteiger partial charge >= 0.3 is 0 Å². The van der Waals surface area contributed by atoms with E-state index in [1.807, 2.05) is 24.3 Å². The number of rotatable bonds is 4. The van der Waals surface area contributed by atoms with Crippen LogP contribution in [0.5, 0.6) is 5.75 Å². The van der Waals surface area contributed by atoms with E-state index >= 15 is 0 Å². The summed E-state index contributed by atoms with van der Waals surface area (Å²) in [5.74, 6) is 1.58. The molecule has 1 aromatic rings. The van der Waals surface area contributed by atoms with E-state index < -0.39 is 0 Å². The molecule has 6 nitrogen and oxygen atoms in total. The number of methoxy groups -OCH3 is 1. The Morgan fingerprint density at radius 1 is 1.32 bits per heavy atom. The van der Waals surface area contributed by atoms with Crippen LogP contribution in [-0.4, -0.2) is 38.1 Å². The Hall–Kier alpha value is -1.06. The van der Waals surface area contributed by atoms with Gasteiger partial charge in [-0.2, -0.15) is 0 Å². The highest BCUT2D eigenvalue weighted by Gasteiger charge is 2.43. The summed E-state index contributed by atoms with van der Waals surface area (Å²) in [6, 6.07) is 7.54. The highest BCUT2D eigenvalue weighted by molar-refractivity contribution is 14.0. The van der Waals surface area contributed by atoms with Crippen molar-refractivity contribution in [2.75, 3.05) is 25.6 Å². The van der Waals surface area contributed by atoms with E-state index in [4.69, 9.17) is 19.9 Å². The molecule has 0 radical (unpaired) electrons. The van der Waals surface area contributed by atoms with Crippen LogP contribution in [0.25, 0.3) is 0 Å². The van der Waals surface area contributed by atoms with Gasteiger partial charge in [0.05, 0.1) is 20.3 Å². The maximum absolute atomic E-state index is 6.14. The zero-order valence-corrected chi connectivity index (χ0v) is 17.2. The van der Waals surface area contributed by atoms with Crippen molar-refractivity contribution in [3.8, 4) is 5.75 Å². The minimum absolute atomic E-state index is 0. The van der Waals surface area contributed by atoms with Crippen LogP contribution in [-0.2, 0) is 9.47 Å². The Labute approximate surface area is 166 Å². The van der Waals surface area contributed by atoms with Crippen LogP contribution in [0.4, 0.5) is 5.69 Å². The molecule has 25 heavy (non-hydrogen) atoms. The predicted octanol–water partition coefficient (Wildman–Crippen LogP) is 3.36. The summed E-state index contributed by atoms with van der Waals surface area (Å²) in [6.07, 6.45) is 4.27. The quantitative estimate of drug-likeness (QED) is 0.409. The lowest BCUT2D eigenvalue weighted by molar-refractivity contribution is -0.190. The van der Waals surface area contributed by atoms with Crippen LogP contribution in [0.2, 0.25) is 0 Å². The third-order valence-corrected chi connectivity index (χ3v) is 4.78.